The molecule has 0 saturated carbocycles. The van der Waals surface area contributed by atoms with Crippen molar-refractivity contribution < 1.29 is 0 Å². The second kappa shape index (κ2) is 6.90. The largest absolute Gasteiger partial charge is 0.304 e. The van der Waals surface area contributed by atoms with Gasteiger partial charge in [-0.25, -0.2) is 0 Å². The zero-order chi connectivity index (χ0) is 11.1. The first kappa shape index (κ1) is 12.6. The van der Waals surface area contributed by atoms with Crippen molar-refractivity contribution in [3.8, 4) is 11.8 Å². The second-order valence-electron chi connectivity index (χ2n) is 4.89. The van der Waals surface area contributed by atoms with Crippen LogP contribution in [0.4, 0.5) is 0 Å². The molecule has 0 radical (unpaired) electrons. The lowest BCUT2D eigenvalue weighted by atomic mass is 9.92. The smallest absolute Gasteiger partial charge is 0.0146 e. The zero-order valence-corrected chi connectivity index (χ0v) is 10.6. The van der Waals surface area contributed by atoms with Crippen molar-refractivity contribution in [2.45, 2.75) is 46.5 Å². The highest BCUT2D eigenvalue weighted by atomic mass is 15.1. The van der Waals surface area contributed by atoms with Crippen LogP contribution in [0.1, 0.15) is 46.5 Å². The van der Waals surface area contributed by atoms with Crippen LogP contribution in [-0.2, 0) is 0 Å². The second-order valence-corrected chi connectivity index (χ2v) is 4.89. The minimum atomic E-state index is 0.534. The Bertz CT molecular complexity index is 213. The van der Waals surface area contributed by atoms with Crippen molar-refractivity contribution in [1.82, 2.24) is 4.90 Å². The molecule has 1 saturated heterocycles. The van der Waals surface area contributed by atoms with Gasteiger partial charge in [0.25, 0.3) is 0 Å². The highest BCUT2D eigenvalue weighted by Gasteiger charge is 2.16. The van der Waals surface area contributed by atoms with Crippen molar-refractivity contribution in [2.75, 3.05) is 19.6 Å². The molecular formula is C14H25N. The molecule has 0 aromatic carbocycles. The average Bonchev–Trinajstić information content (AvgIpc) is 2.25. The minimum Gasteiger partial charge on any atom is -0.304 e. The van der Waals surface area contributed by atoms with Crippen molar-refractivity contribution in [3.63, 3.8) is 0 Å². The number of hydrogen-bond acceptors (Lipinski definition) is 1. The fourth-order valence-electron chi connectivity index (χ4n) is 2.14. The molecule has 1 fully saturated rings. The molecule has 0 N–H and O–H groups in total. The van der Waals surface area contributed by atoms with Gasteiger partial charge in [-0.2, -0.15) is 0 Å². The van der Waals surface area contributed by atoms with E-state index in [-0.39, 0.29) is 0 Å². The first-order valence-electron chi connectivity index (χ1n) is 6.43. The molecular weight excluding hydrogens is 182 g/mol. The third kappa shape index (κ3) is 5.23. The van der Waals surface area contributed by atoms with Gasteiger partial charge in [-0.1, -0.05) is 20.8 Å². The van der Waals surface area contributed by atoms with E-state index in [0.29, 0.717) is 5.92 Å². The Kier molecular flexibility index (Phi) is 5.79. The molecule has 0 spiro atoms. The van der Waals surface area contributed by atoms with Crippen LogP contribution in [0, 0.1) is 23.7 Å². The number of rotatable bonds is 3. The van der Waals surface area contributed by atoms with Gasteiger partial charge in [0.2, 0.25) is 0 Å². The summed E-state index contributed by atoms with van der Waals surface area (Å²) in [6.45, 7) is 10.4. The molecule has 1 heteroatoms. The number of likely N-dealkylation sites (tertiary alicyclic amines) is 1. The van der Waals surface area contributed by atoms with Crippen LogP contribution in [0.5, 0.6) is 0 Å². The van der Waals surface area contributed by atoms with Gasteiger partial charge in [0, 0.05) is 12.3 Å². The van der Waals surface area contributed by atoms with Crippen molar-refractivity contribution in [1.29, 1.82) is 0 Å². The summed E-state index contributed by atoms with van der Waals surface area (Å²) in [6, 6.07) is 0. The summed E-state index contributed by atoms with van der Waals surface area (Å²) in [5.74, 6) is 8.01. The van der Waals surface area contributed by atoms with Crippen LogP contribution in [0.3, 0.4) is 0 Å². The molecule has 1 aliphatic heterocycles. The van der Waals surface area contributed by atoms with Crippen molar-refractivity contribution in [2.24, 2.45) is 11.8 Å². The molecule has 0 bridgehead atoms. The molecule has 0 aliphatic carbocycles. The standard InChI is InChI=1S/C14H25N/c1-4-15-11-9-14(10-12-15)8-6-5-7-13(2)3/h13-14H,4,6,8-12H2,1-3H3. The highest BCUT2D eigenvalue weighted by Crippen LogP contribution is 2.21. The van der Waals surface area contributed by atoms with Gasteiger partial charge in [-0.3, -0.25) is 0 Å². The Morgan fingerprint density at radius 1 is 1.27 bits per heavy atom. The van der Waals surface area contributed by atoms with Gasteiger partial charge in [-0.05, 0) is 44.8 Å². The van der Waals surface area contributed by atoms with Gasteiger partial charge in [0.1, 0.15) is 0 Å². The molecule has 0 amide bonds. The van der Waals surface area contributed by atoms with Gasteiger partial charge in [-0.15, -0.1) is 11.8 Å². The van der Waals surface area contributed by atoms with E-state index in [4.69, 9.17) is 0 Å². The minimum absolute atomic E-state index is 0.534. The Morgan fingerprint density at radius 2 is 1.93 bits per heavy atom. The summed E-state index contributed by atoms with van der Waals surface area (Å²) in [5.41, 5.74) is 0. The van der Waals surface area contributed by atoms with Crippen molar-refractivity contribution in [3.05, 3.63) is 0 Å². The van der Waals surface area contributed by atoms with E-state index in [2.05, 4.69) is 37.5 Å². The number of piperidine rings is 1. The van der Waals surface area contributed by atoms with Crippen LogP contribution in [0.15, 0.2) is 0 Å². The van der Waals surface area contributed by atoms with E-state index in [1.807, 2.05) is 0 Å². The maximum Gasteiger partial charge on any atom is 0.0146 e. The quantitative estimate of drug-likeness (QED) is 0.643. The maximum atomic E-state index is 3.29. The Balaban J connectivity index is 2.12. The molecule has 0 aromatic heterocycles. The Hall–Kier alpha value is -0.480. The summed E-state index contributed by atoms with van der Waals surface area (Å²) in [4.78, 5) is 2.55. The lowest BCUT2D eigenvalue weighted by Gasteiger charge is -2.30. The van der Waals surface area contributed by atoms with E-state index >= 15 is 0 Å². The zero-order valence-electron chi connectivity index (χ0n) is 10.6. The molecule has 1 nitrogen and oxygen atoms in total. The van der Waals surface area contributed by atoms with E-state index in [0.717, 1.165) is 12.3 Å². The topological polar surface area (TPSA) is 3.24 Å². The van der Waals surface area contributed by atoms with Gasteiger partial charge < -0.3 is 4.90 Å². The molecule has 15 heavy (non-hydrogen) atoms. The number of hydrogen-bond donors (Lipinski definition) is 0. The summed E-state index contributed by atoms with van der Waals surface area (Å²) in [5, 5.41) is 0. The van der Waals surface area contributed by atoms with Crippen molar-refractivity contribution >= 4 is 0 Å². The summed E-state index contributed by atoms with van der Waals surface area (Å²) in [6.07, 6.45) is 5.20. The normalized spacial score (nSPS) is 18.9. The first-order chi connectivity index (χ1) is 7.22. The molecule has 1 heterocycles. The Morgan fingerprint density at radius 3 is 2.47 bits per heavy atom. The van der Waals surface area contributed by atoms with E-state index in [1.165, 1.54) is 38.9 Å². The lowest BCUT2D eigenvalue weighted by Crippen LogP contribution is -2.33. The van der Waals surface area contributed by atoms with Gasteiger partial charge in [0.15, 0.2) is 0 Å². The summed E-state index contributed by atoms with van der Waals surface area (Å²) in [7, 11) is 0. The fraction of sp³-hybridized carbons (Fsp3) is 0.857. The predicted octanol–water partition coefficient (Wildman–Crippen LogP) is 3.16. The van der Waals surface area contributed by atoms with Crippen LogP contribution in [-0.4, -0.2) is 24.5 Å². The van der Waals surface area contributed by atoms with Crippen LogP contribution < -0.4 is 0 Å². The fourth-order valence-corrected chi connectivity index (χ4v) is 2.14. The SMILES string of the molecule is CCN1CCC(CCC#CC(C)C)CC1. The third-order valence-electron chi connectivity index (χ3n) is 3.22. The van der Waals surface area contributed by atoms with Gasteiger partial charge >= 0.3 is 0 Å². The highest BCUT2D eigenvalue weighted by molar-refractivity contribution is 5.01. The molecule has 0 atom stereocenters. The number of nitrogens with zero attached hydrogens (tertiary/aromatic N) is 1. The molecule has 1 rings (SSSR count). The van der Waals surface area contributed by atoms with Crippen LogP contribution in [0.25, 0.3) is 0 Å². The van der Waals surface area contributed by atoms with E-state index < -0.39 is 0 Å². The molecule has 0 unspecified atom stereocenters. The summed E-state index contributed by atoms with van der Waals surface area (Å²) >= 11 is 0. The average molecular weight is 207 g/mol. The van der Waals surface area contributed by atoms with Crippen LogP contribution in [0.2, 0.25) is 0 Å². The monoisotopic (exact) mass is 207 g/mol. The van der Waals surface area contributed by atoms with E-state index in [1.54, 1.807) is 0 Å². The summed E-state index contributed by atoms with van der Waals surface area (Å²) < 4.78 is 0. The lowest BCUT2D eigenvalue weighted by molar-refractivity contribution is 0.188. The first-order valence-corrected chi connectivity index (χ1v) is 6.43. The predicted molar refractivity (Wildman–Crippen MR) is 66.7 cm³/mol. The van der Waals surface area contributed by atoms with Gasteiger partial charge in [0.05, 0.1) is 0 Å². The molecule has 86 valence electrons. The maximum absolute atomic E-state index is 3.29. The Labute approximate surface area is 95.2 Å². The van der Waals surface area contributed by atoms with Crippen LogP contribution >= 0.6 is 0 Å². The molecule has 1 aliphatic rings. The van der Waals surface area contributed by atoms with E-state index in [9.17, 15) is 0 Å². The third-order valence-corrected chi connectivity index (χ3v) is 3.22. The molecule has 0 aromatic rings.